The number of benzene rings is 2. The second-order valence-electron chi connectivity index (χ2n) is 12.6. The molecule has 0 saturated heterocycles. The minimum absolute atomic E-state index is 0.319. The van der Waals surface area contributed by atoms with Gasteiger partial charge in [0.1, 0.15) is 23.3 Å². The molecule has 0 spiro atoms. The number of nitriles is 1. The topological polar surface area (TPSA) is 184 Å². The van der Waals surface area contributed by atoms with E-state index in [0.29, 0.717) is 30.2 Å². The molecule has 0 aliphatic rings. The Morgan fingerprint density at radius 3 is 2.31 bits per heavy atom. The molecule has 2 aromatic rings. The first-order valence-corrected chi connectivity index (χ1v) is 15.6. The number of esters is 1. The molecule has 2 rings (SSSR count). The van der Waals surface area contributed by atoms with Crippen molar-refractivity contribution in [2.24, 2.45) is 5.41 Å². The fourth-order valence-corrected chi connectivity index (χ4v) is 3.97. The number of hydrogen-bond acceptors (Lipinski definition) is 11. The molecule has 0 heterocycles. The van der Waals surface area contributed by atoms with Gasteiger partial charge in [0, 0.05) is 12.1 Å². The zero-order valence-electron chi connectivity index (χ0n) is 29.5. The van der Waals surface area contributed by atoms with Gasteiger partial charge in [-0.15, -0.1) is 0 Å². The van der Waals surface area contributed by atoms with Crippen molar-refractivity contribution >= 4 is 42.6 Å². The summed E-state index contributed by atoms with van der Waals surface area (Å²) in [6.07, 6.45) is 3.76. The smallest absolute Gasteiger partial charge is 0.328 e. The van der Waals surface area contributed by atoms with Gasteiger partial charge in [-0.3, -0.25) is 10.2 Å². The second-order valence-corrected chi connectivity index (χ2v) is 12.6. The molecule has 0 aromatic heterocycles. The third-order valence-corrected chi connectivity index (χ3v) is 6.35. The van der Waals surface area contributed by atoms with Gasteiger partial charge < -0.3 is 25.4 Å². The number of halogens is 1. The van der Waals surface area contributed by atoms with Gasteiger partial charge in [0.15, 0.2) is 0 Å². The Hall–Kier alpha value is -4.97. The minimum atomic E-state index is -0.933. The van der Waals surface area contributed by atoms with Crippen LogP contribution in [0.2, 0.25) is 0 Å². The van der Waals surface area contributed by atoms with Crippen molar-refractivity contribution in [1.29, 1.82) is 10.7 Å². The average molecular weight is 683 g/mol. The predicted octanol–water partition coefficient (Wildman–Crippen LogP) is 4.28. The molecule has 15 heteroatoms. The Morgan fingerprint density at radius 1 is 1.06 bits per heavy atom. The van der Waals surface area contributed by atoms with E-state index in [1.807, 2.05) is 7.05 Å². The third-order valence-electron chi connectivity index (χ3n) is 6.35. The quantitative estimate of drug-likeness (QED) is 0.0598. The van der Waals surface area contributed by atoms with Crippen LogP contribution in [0.15, 0.2) is 42.5 Å². The zero-order valence-corrected chi connectivity index (χ0v) is 29.5. The van der Waals surface area contributed by atoms with Gasteiger partial charge in [0.05, 0.1) is 19.4 Å². The molecule has 5 N–H and O–H groups in total. The summed E-state index contributed by atoms with van der Waals surface area (Å²) in [5.41, 5.74) is 0.135. The van der Waals surface area contributed by atoms with Crippen molar-refractivity contribution in [2.45, 2.75) is 72.6 Å². The Bertz CT molecular complexity index is 1450. The standard InChI is InChI=1S/C27H37FN4O4.C7H11BN2O3/c1-27(2,3)24(26(34)35-5)32-25(33)22(29)20-9-8-10-21(36-16-7-6-15-30-4)23(20)31-17-18-11-13-19(28)14-12-18;1-7(2,3)13-6(11)10-4-8-12-5-9/h8-14,24,29-31H,6-7,15-17H2,1-5H3,(H,32,33);4H,1-3H3,(H,10,11). The van der Waals surface area contributed by atoms with E-state index in [1.54, 1.807) is 71.9 Å². The molecule has 1 atom stereocenters. The molecule has 0 fully saturated rings. The number of alkyl carbamates (subject to hydrolysis) is 1. The first-order chi connectivity index (χ1) is 23.0. The molecule has 2 aromatic carbocycles. The number of nitrogens with one attached hydrogen (secondary N) is 5. The van der Waals surface area contributed by atoms with Crippen LogP contribution >= 0.6 is 0 Å². The van der Waals surface area contributed by atoms with Crippen molar-refractivity contribution in [2.75, 3.05) is 32.6 Å². The van der Waals surface area contributed by atoms with E-state index >= 15 is 0 Å². The molecular weight excluding hydrogens is 634 g/mol. The maximum Gasteiger partial charge on any atom is 0.328 e. The fraction of sp³-hybridized carbons (Fsp3) is 0.471. The average Bonchev–Trinajstić information content (AvgIpc) is 3.03. The summed E-state index contributed by atoms with van der Waals surface area (Å²) in [4.78, 5) is 36.2. The molecule has 2 amide bonds. The van der Waals surface area contributed by atoms with E-state index in [-0.39, 0.29) is 11.5 Å². The number of hydrogen-bond donors (Lipinski definition) is 5. The van der Waals surface area contributed by atoms with Gasteiger partial charge >= 0.3 is 82.7 Å². The summed E-state index contributed by atoms with van der Waals surface area (Å²) in [5.74, 6) is -1.13. The Labute approximate surface area is 288 Å². The predicted molar refractivity (Wildman–Crippen MR) is 187 cm³/mol. The van der Waals surface area contributed by atoms with Crippen LogP contribution in [-0.2, 0) is 30.3 Å². The van der Waals surface area contributed by atoms with E-state index in [2.05, 4.69) is 25.9 Å². The Kier molecular flexibility index (Phi) is 18.1. The van der Waals surface area contributed by atoms with Crippen molar-refractivity contribution in [3.05, 3.63) is 59.4 Å². The number of unbranched alkanes of at least 4 members (excludes halogenated alkanes) is 1. The summed E-state index contributed by atoms with van der Waals surface area (Å²) in [6.45, 7) is 12.3. The first kappa shape index (κ1) is 42.1. The maximum atomic E-state index is 13.3. The molecule has 13 nitrogen and oxygen atoms in total. The summed E-state index contributed by atoms with van der Waals surface area (Å²) in [7, 11) is 4.19. The van der Waals surface area contributed by atoms with Crippen LogP contribution in [0.4, 0.5) is 14.9 Å². The summed E-state index contributed by atoms with van der Waals surface area (Å²) in [6, 6.07) is 10.3. The SMILES string of the molecule is CC(C)(C)OC(=O)NC=BOC#N.CNCCCCOc1cccc(C(=N)C(=O)NC(C(=O)OC)C(C)(C)C)c1NCc1ccc(F)cc1. The monoisotopic (exact) mass is 682 g/mol. The van der Waals surface area contributed by atoms with Crippen LogP contribution in [0.5, 0.6) is 5.75 Å². The molecule has 0 aliphatic heterocycles. The van der Waals surface area contributed by atoms with Gasteiger partial charge in [-0.2, -0.15) is 0 Å². The number of amides is 2. The molecule has 0 saturated carbocycles. The van der Waals surface area contributed by atoms with Gasteiger partial charge in [-0.05, 0) is 55.6 Å². The molecular formula is C34H48BFN6O7. The van der Waals surface area contributed by atoms with E-state index < -0.39 is 35.0 Å². The molecule has 0 bridgehead atoms. The van der Waals surface area contributed by atoms with Crippen LogP contribution < -0.4 is 26.0 Å². The molecule has 49 heavy (non-hydrogen) atoms. The fourth-order valence-electron chi connectivity index (χ4n) is 3.97. The normalized spacial score (nSPS) is 11.4. The van der Waals surface area contributed by atoms with Crippen LogP contribution in [0.1, 0.15) is 65.5 Å². The third kappa shape index (κ3) is 16.6. The van der Waals surface area contributed by atoms with Crippen molar-refractivity contribution in [3.8, 4) is 12.0 Å². The zero-order chi connectivity index (χ0) is 37.0. The summed E-state index contributed by atoms with van der Waals surface area (Å²) in [5, 5.41) is 27.8. The van der Waals surface area contributed by atoms with Gasteiger partial charge in [-0.1, -0.05) is 45.0 Å². The number of para-hydroxylation sites is 1. The van der Waals surface area contributed by atoms with Crippen LogP contribution in [0, 0.1) is 28.2 Å². The Balaban J connectivity index is 0.000000779. The van der Waals surface area contributed by atoms with E-state index in [4.69, 9.17) is 24.9 Å². The van der Waals surface area contributed by atoms with E-state index in [9.17, 15) is 18.8 Å². The van der Waals surface area contributed by atoms with Crippen molar-refractivity contribution in [1.82, 2.24) is 16.0 Å². The van der Waals surface area contributed by atoms with Gasteiger partial charge in [0.25, 0.3) is 5.91 Å². The molecule has 0 radical (unpaired) electrons. The number of anilines is 1. The van der Waals surface area contributed by atoms with E-state index in [1.165, 1.54) is 31.6 Å². The second kappa shape index (κ2) is 21.1. The molecule has 266 valence electrons. The van der Waals surface area contributed by atoms with Crippen LogP contribution in [0.25, 0.3) is 0 Å². The van der Waals surface area contributed by atoms with Crippen LogP contribution in [-0.4, -0.2) is 75.8 Å². The number of methoxy groups -OCH3 is 1. The number of nitrogens with zero attached hydrogens (tertiary/aromatic N) is 1. The number of ether oxygens (including phenoxy) is 3. The number of carbonyl (C=O) groups excluding carboxylic acids is 3. The molecule has 0 aliphatic carbocycles. The number of rotatable bonds is 15. The maximum absolute atomic E-state index is 13.3. The van der Waals surface area contributed by atoms with Gasteiger partial charge in [0.2, 0.25) is 0 Å². The largest absolute Gasteiger partial charge is 0.491 e. The van der Waals surface area contributed by atoms with E-state index in [0.717, 1.165) is 32.1 Å². The van der Waals surface area contributed by atoms with Crippen LogP contribution in [0.3, 0.4) is 0 Å². The summed E-state index contributed by atoms with van der Waals surface area (Å²) < 4.78 is 33.2. The minimum Gasteiger partial charge on any atom is -0.491 e. The van der Waals surface area contributed by atoms with Crippen molar-refractivity contribution < 1.29 is 37.6 Å². The number of carbonyl (C=O) groups is 3. The van der Waals surface area contributed by atoms with Crippen molar-refractivity contribution in [3.63, 3.8) is 0 Å². The first-order valence-electron chi connectivity index (χ1n) is 15.6. The Morgan fingerprint density at radius 2 is 1.73 bits per heavy atom. The molecule has 1 unspecified atom stereocenters. The summed E-state index contributed by atoms with van der Waals surface area (Å²) >= 11 is 0. The van der Waals surface area contributed by atoms with Gasteiger partial charge in [-0.25, -0.2) is 9.18 Å².